The molecule has 2 aromatic heterocycles. The third-order valence-electron chi connectivity index (χ3n) is 6.74. The van der Waals surface area contributed by atoms with Gasteiger partial charge < -0.3 is 31.0 Å². The molecule has 5 rings (SSSR count). The Hall–Kier alpha value is -5.13. The summed E-state index contributed by atoms with van der Waals surface area (Å²) < 4.78 is 7.36. The number of nitrogens with one attached hydrogen (secondary N) is 3. The molecule has 0 bridgehead atoms. The number of hydrogen-bond acceptors (Lipinski definition) is 7. The zero-order valence-electron chi connectivity index (χ0n) is 23.8. The van der Waals surface area contributed by atoms with Crippen molar-refractivity contribution in [2.75, 3.05) is 40.0 Å². The lowest BCUT2D eigenvalue weighted by atomic mass is 10.1. The van der Waals surface area contributed by atoms with E-state index in [2.05, 4.69) is 20.7 Å². The average Bonchev–Trinajstić information content (AvgIpc) is 3.60. The van der Waals surface area contributed by atoms with E-state index in [1.807, 2.05) is 7.05 Å². The van der Waals surface area contributed by atoms with Crippen LogP contribution >= 0.6 is 11.6 Å². The molecule has 0 unspecified atom stereocenters. The molecule has 0 fully saturated rings. The molecule has 12 heteroatoms. The van der Waals surface area contributed by atoms with E-state index in [0.717, 1.165) is 0 Å². The summed E-state index contributed by atoms with van der Waals surface area (Å²) in [6.45, 7) is 1.15. The van der Waals surface area contributed by atoms with Crippen molar-refractivity contribution in [1.82, 2.24) is 30.3 Å². The van der Waals surface area contributed by atoms with Gasteiger partial charge in [0.1, 0.15) is 17.3 Å². The third kappa shape index (κ3) is 6.08. The summed E-state index contributed by atoms with van der Waals surface area (Å²) in [6.07, 6.45) is 1.38. The number of ketones is 1. The second-order valence-corrected chi connectivity index (χ2v) is 10.3. The fourth-order valence-corrected chi connectivity index (χ4v) is 4.74. The summed E-state index contributed by atoms with van der Waals surface area (Å²) in [5, 5.41) is 11.1. The Balaban J connectivity index is 1.36. The van der Waals surface area contributed by atoms with Crippen LogP contribution in [0.3, 0.4) is 0 Å². The first kappa shape index (κ1) is 29.4. The van der Waals surface area contributed by atoms with Gasteiger partial charge in [-0.15, -0.1) is 0 Å². The molecule has 0 saturated carbocycles. The fraction of sp³-hybridized carbons (Fsp3) is 0.161. The van der Waals surface area contributed by atoms with E-state index < -0.39 is 0 Å². The van der Waals surface area contributed by atoms with Crippen LogP contribution in [0.4, 0.5) is 5.82 Å². The van der Waals surface area contributed by atoms with Gasteiger partial charge in [-0.25, -0.2) is 4.68 Å². The van der Waals surface area contributed by atoms with Gasteiger partial charge in [0, 0.05) is 49.7 Å². The number of nitrogens with zero attached hydrogens (tertiary/aromatic N) is 3. The number of aromatic amines is 1. The van der Waals surface area contributed by atoms with Crippen LogP contribution in [-0.2, 0) is 0 Å². The molecule has 0 saturated heterocycles. The molecule has 0 aliphatic carbocycles. The molecular weight excluding hydrogens is 570 g/mol. The maximum absolute atomic E-state index is 13.4. The molecule has 11 nitrogen and oxygen atoms in total. The maximum Gasteiger partial charge on any atom is 0.257 e. The monoisotopic (exact) mass is 599 g/mol. The molecule has 3 aromatic carbocycles. The molecule has 220 valence electrons. The molecule has 0 atom stereocenters. The Labute approximate surface area is 252 Å². The van der Waals surface area contributed by atoms with Crippen LogP contribution in [0.15, 0.2) is 72.9 Å². The lowest BCUT2D eigenvalue weighted by molar-refractivity contribution is 0.0824. The Morgan fingerprint density at radius 2 is 1.81 bits per heavy atom. The Bertz CT molecular complexity index is 1840. The number of hydrogen-bond donors (Lipinski definition) is 4. The Morgan fingerprint density at radius 1 is 1.02 bits per heavy atom. The van der Waals surface area contributed by atoms with Gasteiger partial charge in [-0.2, -0.15) is 5.10 Å². The van der Waals surface area contributed by atoms with Crippen LogP contribution in [0.25, 0.3) is 16.6 Å². The van der Waals surface area contributed by atoms with Crippen LogP contribution in [0.2, 0.25) is 5.02 Å². The minimum absolute atomic E-state index is 0.103. The number of benzene rings is 3. The van der Waals surface area contributed by atoms with Crippen LogP contribution < -0.4 is 21.1 Å². The molecule has 5 N–H and O–H groups in total. The number of amides is 2. The van der Waals surface area contributed by atoms with Gasteiger partial charge in [-0.3, -0.25) is 14.4 Å². The molecule has 0 spiro atoms. The van der Waals surface area contributed by atoms with E-state index in [9.17, 15) is 14.4 Å². The number of nitrogen functional groups attached to an aromatic ring is 1. The van der Waals surface area contributed by atoms with E-state index in [1.165, 1.54) is 15.8 Å². The van der Waals surface area contributed by atoms with Gasteiger partial charge in [0.05, 0.1) is 33.7 Å². The summed E-state index contributed by atoms with van der Waals surface area (Å²) in [7, 11) is 5.15. The van der Waals surface area contributed by atoms with Gasteiger partial charge in [0.15, 0.2) is 0 Å². The maximum atomic E-state index is 13.4. The number of halogens is 1. The zero-order chi connectivity index (χ0) is 30.7. The van der Waals surface area contributed by atoms with Crippen molar-refractivity contribution in [1.29, 1.82) is 0 Å². The zero-order valence-corrected chi connectivity index (χ0v) is 24.5. The summed E-state index contributed by atoms with van der Waals surface area (Å²) >= 11 is 6.60. The smallest absolute Gasteiger partial charge is 0.257 e. The molecule has 0 radical (unpaired) electrons. The number of ether oxygens (including phenoxy) is 1. The first-order valence-electron chi connectivity index (χ1n) is 13.4. The highest BCUT2D eigenvalue weighted by atomic mass is 35.5. The normalized spacial score (nSPS) is 11.0. The number of fused-ring (bicyclic) bond motifs is 1. The van der Waals surface area contributed by atoms with Crippen molar-refractivity contribution in [2.24, 2.45) is 0 Å². The van der Waals surface area contributed by atoms with Crippen LogP contribution in [0.5, 0.6) is 11.5 Å². The van der Waals surface area contributed by atoms with Crippen molar-refractivity contribution < 1.29 is 19.1 Å². The number of rotatable bonds is 10. The van der Waals surface area contributed by atoms with Crippen LogP contribution in [0, 0.1) is 0 Å². The second kappa shape index (κ2) is 12.4. The number of H-pyrrole nitrogens is 1. The number of anilines is 1. The largest absolute Gasteiger partial charge is 0.456 e. The van der Waals surface area contributed by atoms with Crippen molar-refractivity contribution in [3.63, 3.8) is 0 Å². The highest BCUT2D eigenvalue weighted by Crippen LogP contribution is 2.32. The van der Waals surface area contributed by atoms with Crippen molar-refractivity contribution in [3.8, 4) is 17.2 Å². The average molecular weight is 600 g/mol. The summed E-state index contributed by atoms with van der Waals surface area (Å²) in [4.78, 5) is 43.0. The fourth-order valence-electron chi connectivity index (χ4n) is 4.49. The summed E-state index contributed by atoms with van der Waals surface area (Å²) in [5.74, 6) is 0.139. The first-order valence-corrected chi connectivity index (χ1v) is 13.8. The second-order valence-electron chi connectivity index (χ2n) is 9.94. The Kier molecular flexibility index (Phi) is 8.46. The van der Waals surface area contributed by atoms with Crippen LogP contribution in [0.1, 0.15) is 36.8 Å². The van der Waals surface area contributed by atoms with Gasteiger partial charge in [-0.05, 0) is 55.6 Å². The van der Waals surface area contributed by atoms with Crippen molar-refractivity contribution in [2.45, 2.75) is 0 Å². The lowest BCUT2D eigenvalue weighted by Crippen LogP contribution is -2.30. The van der Waals surface area contributed by atoms with E-state index in [1.54, 1.807) is 80.8 Å². The number of carbonyl (C=O) groups excluding carboxylic acids is 3. The minimum Gasteiger partial charge on any atom is -0.456 e. The molecule has 2 amide bonds. The lowest BCUT2D eigenvalue weighted by Gasteiger charge is -2.15. The third-order valence-corrected chi connectivity index (χ3v) is 7.04. The van der Waals surface area contributed by atoms with E-state index in [-0.39, 0.29) is 34.0 Å². The summed E-state index contributed by atoms with van der Waals surface area (Å²) in [5.41, 5.74) is 8.90. The molecule has 0 aliphatic rings. The molecule has 5 aromatic rings. The van der Waals surface area contributed by atoms with Gasteiger partial charge >= 0.3 is 0 Å². The minimum atomic E-state index is -0.363. The number of aromatic nitrogens is 3. The number of likely N-dealkylation sites (N-methyl/N-ethyl adjacent to an activating group) is 1. The van der Waals surface area contributed by atoms with Crippen LogP contribution in [-0.4, -0.2) is 71.5 Å². The number of nitrogens with two attached hydrogens (primary N) is 1. The predicted molar refractivity (Wildman–Crippen MR) is 166 cm³/mol. The highest BCUT2D eigenvalue weighted by molar-refractivity contribution is 6.32. The molecule has 0 aliphatic heterocycles. The van der Waals surface area contributed by atoms with Gasteiger partial charge in [0.25, 0.3) is 11.8 Å². The van der Waals surface area contributed by atoms with E-state index in [4.69, 9.17) is 22.1 Å². The highest BCUT2D eigenvalue weighted by Gasteiger charge is 2.22. The SMILES string of the molecule is CNCCNC(=O)c1ccc2[nH]c(C(=O)c3cnn(-c4ccc(Oc5ccccc5C(=O)N(C)C)cc4Cl)c3N)cc2c1. The Morgan fingerprint density at radius 3 is 2.56 bits per heavy atom. The standard InChI is InChI=1S/C31H30ClN7O4/c1-34-12-13-35-30(41)18-8-10-24-19(14-18)15-25(37-24)28(40)22-17-36-39(29(22)33)26-11-9-20(16-23(26)32)43-27-7-5-4-6-21(27)31(42)38(2)3/h4-11,14-17,34,37H,12-13,33H2,1-3H3,(H,35,41). The topological polar surface area (TPSA) is 147 Å². The quantitative estimate of drug-likeness (QED) is 0.138. The van der Waals surface area contributed by atoms with E-state index >= 15 is 0 Å². The summed E-state index contributed by atoms with van der Waals surface area (Å²) in [6, 6.07) is 18.7. The van der Waals surface area contributed by atoms with Crippen molar-refractivity contribution >= 4 is 45.9 Å². The van der Waals surface area contributed by atoms with Crippen molar-refractivity contribution in [3.05, 3.63) is 100 Å². The van der Waals surface area contributed by atoms with E-state index in [0.29, 0.717) is 58.0 Å². The molecule has 43 heavy (non-hydrogen) atoms. The first-order chi connectivity index (χ1) is 20.7. The molecule has 2 heterocycles. The van der Waals surface area contributed by atoms with Gasteiger partial charge in [0.2, 0.25) is 5.78 Å². The predicted octanol–water partition coefficient (Wildman–Crippen LogP) is 4.26. The van der Waals surface area contributed by atoms with Gasteiger partial charge in [-0.1, -0.05) is 23.7 Å². The number of para-hydroxylation sites is 1. The number of carbonyl (C=O) groups is 3. The molecular formula is C31H30ClN7O4.